The first-order valence-electron chi connectivity index (χ1n) is 8.90. The van der Waals surface area contributed by atoms with Gasteiger partial charge in [-0.2, -0.15) is 5.26 Å². The molecule has 11 heteroatoms. The van der Waals surface area contributed by atoms with E-state index >= 15 is 4.39 Å². The third-order valence-corrected chi connectivity index (χ3v) is 5.99. The van der Waals surface area contributed by atoms with Crippen LogP contribution in [0.3, 0.4) is 0 Å². The van der Waals surface area contributed by atoms with Gasteiger partial charge in [-0.05, 0) is 30.3 Å². The summed E-state index contributed by atoms with van der Waals surface area (Å²) in [6.07, 6.45) is 2.43. The van der Waals surface area contributed by atoms with E-state index in [1.165, 1.54) is 30.6 Å². The Labute approximate surface area is 179 Å². The van der Waals surface area contributed by atoms with Crippen LogP contribution in [0.15, 0.2) is 59.8 Å². The molecule has 2 heterocycles. The fraction of sp³-hybridized carbons (Fsp3) is 0. The monoisotopic (exact) mass is 456 g/mol. The van der Waals surface area contributed by atoms with Crippen LogP contribution in [-0.2, 0) is 10.0 Å². The highest BCUT2D eigenvalue weighted by molar-refractivity contribution is 7.92. The molecule has 0 atom stereocenters. The number of hydrogen-bond donors (Lipinski definition) is 2. The molecule has 0 aliphatic carbocycles. The van der Waals surface area contributed by atoms with E-state index in [0.29, 0.717) is 6.07 Å². The van der Waals surface area contributed by atoms with E-state index in [1.807, 2.05) is 10.8 Å². The van der Waals surface area contributed by atoms with Crippen LogP contribution in [0.4, 0.5) is 18.9 Å². The van der Waals surface area contributed by atoms with Crippen LogP contribution >= 0.6 is 0 Å². The van der Waals surface area contributed by atoms with Crippen LogP contribution in [-0.4, -0.2) is 24.2 Å². The average Bonchev–Trinajstić information content (AvgIpc) is 3.19. The van der Waals surface area contributed by atoms with Crippen molar-refractivity contribution in [3.05, 3.63) is 89.0 Å². The molecule has 32 heavy (non-hydrogen) atoms. The van der Waals surface area contributed by atoms with Crippen LogP contribution in [0.5, 0.6) is 0 Å². The van der Waals surface area contributed by atoms with Gasteiger partial charge in [0, 0.05) is 23.3 Å². The van der Waals surface area contributed by atoms with E-state index in [2.05, 4.69) is 9.97 Å². The molecule has 2 aromatic heterocycles. The summed E-state index contributed by atoms with van der Waals surface area (Å²) in [6.45, 7) is 0. The van der Waals surface area contributed by atoms with Crippen molar-refractivity contribution in [1.29, 1.82) is 5.26 Å². The van der Waals surface area contributed by atoms with Gasteiger partial charge in [0.1, 0.15) is 28.2 Å². The molecule has 4 rings (SSSR count). The molecule has 0 aliphatic heterocycles. The Morgan fingerprint density at radius 3 is 2.56 bits per heavy atom. The minimum absolute atomic E-state index is 0.124. The van der Waals surface area contributed by atoms with Crippen molar-refractivity contribution in [3.63, 3.8) is 0 Å². The van der Waals surface area contributed by atoms with E-state index in [0.717, 1.165) is 18.2 Å². The van der Waals surface area contributed by atoms with Crippen LogP contribution < -0.4 is 4.72 Å². The van der Waals surface area contributed by atoms with Crippen molar-refractivity contribution < 1.29 is 26.4 Å². The van der Waals surface area contributed by atoms with E-state index in [-0.39, 0.29) is 22.2 Å². The van der Waals surface area contributed by atoms with Gasteiger partial charge in [0.25, 0.3) is 10.0 Å². The number of ketones is 1. The summed E-state index contributed by atoms with van der Waals surface area (Å²) in [4.78, 5) is 18.8. The van der Waals surface area contributed by atoms with E-state index in [4.69, 9.17) is 5.26 Å². The molecule has 2 aromatic carbocycles. The molecular weight excluding hydrogens is 445 g/mol. The number of nitrogens with one attached hydrogen (secondary N) is 2. The number of halogens is 3. The summed E-state index contributed by atoms with van der Waals surface area (Å²) < 4.78 is 70.3. The molecule has 160 valence electrons. The number of nitrogens with zero attached hydrogens (tertiary/aromatic N) is 2. The lowest BCUT2D eigenvalue weighted by molar-refractivity contribution is 0.103. The zero-order chi connectivity index (χ0) is 23.0. The molecule has 0 spiro atoms. The van der Waals surface area contributed by atoms with Crippen molar-refractivity contribution >= 4 is 32.5 Å². The van der Waals surface area contributed by atoms with E-state index in [1.54, 1.807) is 0 Å². The summed E-state index contributed by atoms with van der Waals surface area (Å²) in [6, 6.07) is 9.09. The van der Waals surface area contributed by atoms with Crippen molar-refractivity contribution in [2.75, 3.05) is 4.72 Å². The third-order valence-electron chi connectivity index (χ3n) is 4.59. The van der Waals surface area contributed by atoms with Gasteiger partial charge in [-0.1, -0.05) is 12.1 Å². The number of hydrogen-bond acceptors (Lipinski definition) is 5. The minimum atomic E-state index is -4.57. The number of sulfonamides is 1. The smallest absolute Gasteiger partial charge is 0.264 e. The summed E-state index contributed by atoms with van der Waals surface area (Å²) in [7, 11) is -4.57. The highest BCUT2D eigenvalue weighted by atomic mass is 32.2. The number of carbonyl (C=O) groups excluding carboxylic acids is 1. The Bertz CT molecular complexity index is 1540. The second-order valence-corrected chi connectivity index (χ2v) is 8.23. The zero-order valence-electron chi connectivity index (χ0n) is 15.9. The number of carbonyl (C=O) groups is 1. The van der Waals surface area contributed by atoms with Crippen LogP contribution in [0.1, 0.15) is 21.5 Å². The number of pyridine rings is 1. The Hall–Kier alpha value is -4.17. The molecule has 0 radical (unpaired) electrons. The number of fused-ring (bicyclic) bond motifs is 1. The van der Waals surface area contributed by atoms with E-state index in [9.17, 15) is 22.0 Å². The molecule has 0 saturated heterocycles. The maximum absolute atomic E-state index is 15.1. The van der Waals surface area contributed by atoms with Crippen molar-refractivity contribution in [3.8, 4) is 6.07 Å². The lowest BCUT2D eigenvalue weighted by Gasteiger charge is -2.12. The summed E-state index contributed by atoms with van der Waals surface area (Å²) in [5, 5.41) is 9.19. The number of nitriles is 1. The lowest BCUT2D eigenvalue weighted by atomic mass is 10.0. The highest BCUT2D eigenvalue weighted by Gasteiger charge is 2.27. The number of aromatic nitrogens is 2. The molecule has 0 saturated carbocycles. The van der Waals surface area contributed by atoms with Gasteiger partial charge >= 0.3 is 0 Å². The first-order valence-corrected chi connectivity index (χ1v) is 10.4. The molecule has 0 aliphatic rings. The fourth-order valence-electron chi connectivity index (χ4n) is 3.09. The molecule has 2 N–H and O–H groups in total. The first kappa shape index (κ1) is 21.1. The molecule has 0 fully saturated rings. The predicted molar refractivity (Wildman–Crippen MR) is 108 cm³/mol. The maximum Gasteiger partial charge on any atom is 0.264 e. The van der Waals surface area contributed by atoms with Gasteiger partial charge < -0.3 is 4.98 Å². The van der Waals surface area contributed by atoms with Gasteiger partial charge in [0.05, 0.1) is 16.8 Å². The number of rotatable bonds is 5. The van der Waals surface area contributed by atoms with Crippen LogP contribution in [0, 0.1) is 28.8 Å². The Kier molecular flexibility index (Phi) is 5.15. The molecule has 7 nitrogen and oxygen atoms in total. The summed E-state index contributed by atoms with van der Waals surface area (Å²) in [5.41, 5.74) is -1.60. The number of benzene rings is 2. The lowest BCUT2D eigenvalue weighted by Crippen LogP contribution is -2.17. The standard InChI is InChI=1S/C21H11F3N4O3S/c22-14-3-1-2-4-17(14)32(30,31)28-16-6-5-15(23)18(19(16)24)20(29)13-10-27-21-12(13)7-11(8-25)9-26-21/h1-7,9-10,28H,(H,26,27). The zero-order valence-corrected chi connectivity index (χ0v) is 16.7. The second-order valence-electron chi connectivity index (χ2n) is 6.58. The third kappa shape index (κ3) is 3.57. The second kappa shape index (κ2) is 7.82. The molecule has 4 aromatic rings. The topological polar surface area (TPSA) is 116 Å². The number of aromatic amines is 1. The normalized spacial score (nSPS) is 11.3. The van der Waals surface area contributed by atoms with Crippen LogP contribution in [0.2, 0.25) is 0 Å². The first-order chi connectivity index (χ1) is 15.2. The minimum Gasteiger partial charge on any atom is -0.345 e. The Balaban J connectivity index is 1.79. The maximum atomic E-state index is 15.1. The van der Waals surface area contributed by atoms with Crippen LogP contribution in [0.25, 0.3) is 11.0 Å². The fourth-order valence-corrected chi connectivity index (χ4v) is 4.23. The molecule has 0 bridgehead atoms. The van der Waals surface area contributed by atoms with Gasteiger partial charge in [0.2, 0.25) is 5.78 Å². The predicted octanol–water partition coefficient (Wildman–Crippen LogP) is 3.88. The van der Waals surface area contributed by atoms with Gasteiger partial charge in [-0.3, -0.25) is 9.52 Å². The number of anilines is 1. The molecule has 0 unspecified atom stereocenters. The van der Waals surface area contributed by atoms with Crippen molar-refractivity contribution in [2.24, 2.45) is 0 Å². The summed E-state index contributed by atoms with van der Waals surface area (Å²) >= 11 is 0. The Morgan fingerprint density at radius 1 is 1.09 bits per heavy atom. The van der Waals surface area contributed by atoms with Crippen molar-refractivity contribution in [2.45, 2.75) is 4.90 Å². The van der Waals surface area contributed by atoms with E-state index < -0.39 is 49.4 Å². The van der Waals surface area contributed by atoms with Crippen molar-refractivity contribution in [1.82, 2.24) is 9.97 Å². The van der Waals surface area contributed by atoms with Gasteiger partial charge in [0.15, 0.2) is 5.82 Å². The number of H-pyrrole nitrogens is 1. The highest BCUT2D eigenvalue weighted by Crippen LogP contribution is 2.28. The van der Waals surface area contributed by atoms with Gasteiger partial charge in [-0.25, -0.2) is 26.6 Å². The largest absolute Gasteiger partial charge is 0.345 e. The molecular formula is C21H11F3N4O3S. The van der Waals surface area contributed by atoms with Gasteiger partial charge in [-0.15, -0.1) is 0 Å². The summed E-state index contributed by atoms with van der Waals surface area (Å²) in [5.74, 6) is -4.89. The SMILES string of the molecule is N#Cc1cnc2[nH]cc(C(=O)c3c(F)ccc(NS(=O)(=O)c4ccccc4F)c3F)c2c1. The average molecular weight is 456 g/mol. The Morgan fingerprint density at radius 2 is 1.84 bits per heavy atom. The quantitative estimate of drug-likeness (QED) is 0.442. The molecule has 0 amide bonds.